The van der Waals surface area contributed by atoms with Crippen LogP contribution in [0, 0.1) is 0 Å². The SMILES string of the molecule is COC(=O)CCCC(=O)NCCOCCn1cc(COc2ccc(C=CC(=O)CC(=O)C=Cc3ccc(O)c(OC)c3)cc2OC)nn1. The minimum Gasteiger partial charge on any atom is -0.504 e. The zero-order chi connectivity index (χ0) is 34.7. The average Bonchev–Trinajstić information content (AvgIpc) is 3.55. The molecular weight excluding hydrogens is 624 g/mol. The molecule has 14 heteroatoms. The van der Waals surface area contributed by atoms with E-state index < -0.39 is 0 Å². The molecule has 0 bridgehead atoms. The Labute approximate surface area is 278 Å². The number of hydrogen-bond acceptors (Lipinski definition) is 12. The lowest BCUT2D eigenvalue weighted by Gasteiger charge is -2.10. The van der Waals surface area contributed by atoms with Gasteiger partial charge in [0.25, 0.3) is 0 Å². The molecule has 0 spiro atoms. The van der Waals surface area contributed by atoms with Crippen LogP contribution in [0.15, 0.2) is 54.7 Å². The van der Waals surface area contributed by atoms with Crippen LogP contribution in [0.2, 0.25) is 0 Å². The van der Waals surface area contributed by atoms with Gasteiger partial charge < -0.3 is 34.1 Å². The predicted molar refractivity (Wildman–Crippen MR) is 174 cm³/mol. The first-order valence-electron chi connectivity index (χ1n) is 15.1. The Bertz CT molecular complexity index is 1600. The number of phenolic OH excluding ortho intramolecular Hbond substituents is 1. The van der Waals surface area contributed by atoms with Gasteiger partial charge in [0.2, 0.25) is 5.91 Å². The van der Waals surface area contributed by atoms with Crippen molar-refractivity contribution in [2.45, 2.75) is 38.8 Å². The van der Waals surface area contributed by atoms with Crippen LogP contribution in [0.25, 0.3) is 12.2 Å². The molecule has 0 aliphatic rings. The van der Waals surface area contributed by atoms with E-state index in [2.05, 4.69) is 20.4 Å². The maximum atomic E-state index is 12.4. The zero-order valence-electron chi connectivity index (χ0n) is 27.2. The number of ether oxygens (including phenoxy) is 5. The molecule has 0 radical (unpaired) electrons. The standard InChI is InChI=1S/C34H40N4O10/c1-44-31-19-24(9-13-29(31)41)7-11-27(39)21-28(40)12-8-25-10-14-30(32(20-25)45-2)48-23-26-22-38(37-36-26)16-18-47-17-15-35-33(42)5-4-6-34(43)46-3/h7-14,19-20,22,41H,4-6,15-18,21,23H2,1-3H3,(H,35,42). The molecule has 256 valence electrons. The summed E-state index contributed by atoms with van der Waals surface area (Å²) in [5, 5.41) is 20.6. The van der Waals surface area contributed by atoms with Crippen molar-refractivity contribution in [3.8, 4) is 23.0 Å². The summed E-state index contributed by atoms with van der Waals surface area (Å²) in [7, 11) is 4.25. The van der Waals surface area contributed by atoms with Crippen molar-refractivity contribution in [1.29, 1.82) is 0 Å². The van der Waals surface area contributed by atoms with Crippen LogP contribution in [-0.2, 0) is 41.8 Å². The van der Waals surface area contributed by atoms with Crippen molar-refractivity contribution in [3.63, 3.8) is 0 Å². The Balaban J connectivity index is 1.38. The first-order chi connectivity index (χ1) is 23.2. The highest BCUT2D eigenvalue weighted by molar-refractivity contribution is 6.10. The van der Waals surface area contributed by atoms with Gasteiger partial charge in [-0.25, -0.2) is 4.68 Å². The first kappa shape index (κ1) is 37.0. The summed E-state index contributed by atoms with van der Waals surface area (Å²) in [5.74, 6) is -0.0245. The minimum atomic E-state index is -0.366. The fourth-order valence-electron chi connectivity index (χ4n) is 4.15. The molecule has 3 rings (SSSR count). The van der Waals surface area contributed by atoms with Gasteiger partial charge in [0.15, 0.2) is 34.6 Å². The molecule has 0 fully saturated rings. The Morgan fingerprint density at radius 1 is 0.875 bits per heavy atom. The third-order valence-electron chi connectivity index (χ3n) is 6.67. The number of carbonyl (C=O) groups excluding carboxylic acids is 4. The van der Waals surface area contributed by atoms with Crippen molar-refractivity contribution in [1.82, 2.24) is 20.3 Å². The molecule has 0 saturated carbocycles. The van der Waals surface area contributed by atoms with E-state index in [1.165, 1.54) is 39.5 Å². The van der Waals surface area contributed by atoms with E-state index in [1.807, 2.05) is 0 Å². The fraction of sp³-hybridized carbons (Fsp3) is 0.353. The monoisotopic (exact) mass is 664 g/mol. The van der Waals surface area contributed by atoms with E-state index in [0.29, 0.717) is 61.0 Å². The lowest BCUT2D eigenvalue weighted by molar-refractivity contribution is -0.140. The van der Waals surface area contributed by atoms with Gasteiger partial charge in [0.1, 0.15) is 12.3 Å². The molecule has 0 atom stereocenters. The number of methoxy groups -OCH3 is 3. The summed E-state index contributed by atoms with van der Waals surface area (Å²) in [5.41, 5.74) is 1.91. The first-order valence-corrected chi connectivity index (χ1v) is 15.1. The lowest BCUT2D eigenvalue weighted by atomic mass is 10.1. The number of phenols is 1. The quantitative estimate of drug-likeness (QED) is 0.0736. The highest BCUT2D eigenvalue weighted by Gasteiger charge is 2.10. The van der Waals surface area contributed by atoms with Gasteiger partial charge in [-0.05, 0) is 54.0 Å². The highest BCUT2D eigenvalue weighted by Crippen LogP contribution is 2.29. The second-order valence-electron chi connectivity index (χ2n) is 10.3. The molecule has 0 aliphatic carbocycles. The second-order valence-corrected chi connectivity index (χ2v) is 10.3. The van der Waals surface area contributed by atoms with Crippen molar-refractivity contribution >= 4 is 35.6 Å². The summed E-state index contributed by atoms with van der Waals surface area (Å²) < 4.78 is 28.1. The molecule has 0 saturated heterocycles. The number of allylic oxidation sites excluding steroid dienone is 2. The summed E-state index contributed by atoms with van der Waals surface area (Å²) in [6, 6.07) is 9.83. The predicted octanol–water partition coefficient (Wildman–Crippen LogP) is 3.31. The summed E-state index contributed by atoms with van der Waals surface area (Å²) in [4.78, 5) is 47.4. The van der Waals surface area contributed by atoms with Crippen molar-refractivity contribution < 1.29 is 48.0 Å². The van der Waals surface area contributed by atoms with Crippen LogP contribution < -0.4 is 19.5 Å². The van der Waals surface area contributed by atoms with Crippen molar-refractivity contribution in [2.24, 2.45) is 0 Å². The number of nitrogens with one attached hydrogen (secondary N) is 1. The molecule has 2 N–H and O–H groups in total. The average molecular weight is 665 g/mol. The van der Waals surface area contributed by atoms with Crippen LogP contribution in [0.5, 0.6) is 23.0 Å². The summed E-state index contributed by atoms with van der Waals surface area (Å²) in [6.07, 6.45) is 8.10. The highest BCUT2D eigenvalue weighted by atomic mass is 16.5. The number of esters is 1. The van der Waals surface area contributed by atoms with Gasteiger partial charge in [-0.2, -0.15) is 0 Å². The van der Waals surface area contributed by atoms with Gasteiger partial charge in [0, 0.05) is 19.4 Å². The van der Waals surface area contributed by atoms with Crippen LogP contribution in [0.3, 0.4) is 0 Å². The number of aromatic nitrogens is 3. The zero-order valence-corrected chi connectivity index (χ0v) is 27.2. The second kappa shape index (κ2) is 19.9. The number of ketones is 2. The van der Waals surface area contributed by atoms with Crippen LogP contribution in [-0.4, -0.2) is 84.6 Å². The lowest BCUT2D eigenvalue weighted by Crippen LogP contribution is -2.27. The van der Waals surface area contributed by atoms with Gasteiger partial charge in [-0.1, -0.05) is 29.5 Å². The molecule has 0 unspecified atom stereocenters. The molecule has 1 aromatic heterocycles. The summed E-state index contributed by atoms with van der Waals surface area (Å²) in [6.45, 7) is 1.66. The number of hydrogen-bond donors (Lipinski definition) is 2. The molecule has 3 aromatic rings. The normalized spacial score (nSPS) is 11.1. The van der Waals surface area contributed by atoms with E-state index in [9.17, 15) is 24.3 Å². The minimum absolute atomic E-state index is 0.00875. The number of aromatic hydroxyl groups is 1. The molecule has 14 nitrogen and oxygen atoms in total. The molecule has 0 aliphatic heterocycles. The van der Waals surface area contributed by atoms with Crippen molar-refractivity contribution in [2.75, 3.05) is 41.1 Å². The number of carbonyl (C=O) groups is 4. The van der Waals surface area contributed by atoms with Crippen LogP contribution in [0.4, 0.5) is 0 Å². The Morgan fingerprint density at radius 2 is 1.56 bits per heavy atom. The number of rotatable bonds is 21. The van der Waals surface area contributed by atoms with Crippen LogP contribution in [0.1, 0.15) is 42.5 Å². The smallest absolute Gasteiger partial charge is 0.305 e. The van der Waals surface area contributed by atoms with E-state index in [0.717, 1.165) is 0 Å². The number of nitrogens with zero attached hydrogens (tertiary/aromatic N) is 3. The van der Waals surface area contributed by atoms with Crippen molar-refractivity contribution in [3.05, 3.63) is 71.6 Å². The maximum absolute atomic E-state index is 12.4. The molecule has 1 amide bonds. The molecule has 2 aromatic carbocycles. The Morgan fingerprint density at radius 3 is 2.25 bits per heavy atom. The van der Waals surface area contributed by atoms with E-state index in [1.54, 1.807) is 53.4 Å². The van der Waals surface area contributed by atoms with Gasteiger partial charge in [-0.15, -0.1) is 5.10 Å². The molecular formula is C34H40N4O10. The topological polar surface area (TPSA) is 177 Å². The van der Waals surface area contributed by atoms with Gasteiger partial charge in [0.05, 0.1) is 53.7 Å². The summed E-state index contributed by atoms with van der Waals surface area (Å²) >= 11 is 0. The Kier molecular flexibility index (Phi) is 15.3. The fourth-order valence-corrected chi connectivity index (χ4v) is 4.15. The molecule has 48 heavy (non-hydrogen) atoms. The number of benzene rings is 2. The third kappa shape index (κ3) is 13.1. The third-order valence-corrected chi connectivity index (χ3v) is 6.67. The largest absolute Gasteiger partial charge is 0.504 e. The number of amides is 1. The van der Waals surface area contributed by atoms with Gasteiger partial charge in [-0.3, -0.25) is 19.2 Å². The van der Waals surface area contributed by atoms with E-state index >= 15 is 0 Å². The van der Waals surface area contributed by atoms with Crippen LogP contribution >= 0.6 is 0 Å². The van der Waals surface area contributed by atoms with E-state index in [-0.39, 0.29) is 60.8 Å². The van der Waals surface area contributed by atoms with Gasteiger partial charge >= 0.3 is 5.97 Å². The van der Waals surface area contributed by atoms with E-state index in [4.69, 9.17) is 18.9 Å². The molecule has 1 heterocycles. The maximum Gasteiger partial charge on any atom is 0.305 e. The Hall–Kier alpha value is -5.50.